The van der Waals surface area contributed by atoms with Gasteiger partial charge in [-0.15, -0.1) is 11.3 Å². The molecule has 0 bridgehead atoms. The fraction of sp³-hybridized carbons (Fsp3) is 0.0164. The number of furan rings is 1. The zero-order valence-electron chi connectivity index (χ0n) is 34.6. The zero-order valence-corrected chi connectivity index (χ0v) is 35.4. The highest BCUT2D eigenvalue weighted by molar-refractivity contribution is 7.26. The van der Waals surface area contributed by atoms with Crippen molar-refractivity contribution in [2.24, 2.45) is 0 Å². The molecule has 64 heavy (non-hydrogen) atoms. The van der Waals surface area contributed by atoms with Crippen LogP contribution in [0.3, 0.4) is 0 Å². The second-order valence-corrected chi connectivity index (χ2v) is 18.1. The topological polar surface area (TPSA) is 16.4 Å². The molecule has 3 heteroatoms. The molecule has 14 rings (SSSR count). The largest absolute Gasteiger partial charge is 0.456 e. The minimum Gasteiger partial charge on any atom is -0.456 e. The molecule has 2 nitrogen and oxygen atoms in total. The van der Waals surface area contributed by atoms with E-state index >= 15 is 0 Å². The summed E-state index contributed by atoms with van der Waals surface area (Å²) in [4.78, 5) is 2.50. The SMILES string of the molecule is c1ccc(-c2ccccc2N(c2ccc(-c3ccc4oc5ccccc5c4c3)cc2)c2cccc3c2-c2ccccc2C32c3ccccc3-c3c2ccc2c3sc3ccccc32)cc1. The summed E-state index contributed by atoms with van der Waals surface area (Å²) in [6, 6.07) is 82.7. The van der Waals surface area contributed by atoms with Crippen LogP contribution in [0.2, 0.25) is 0 Å². The molecule has 10 aromatic carbocycles. The van der Waals surface area contributed by atoms with Crippen molar-refractivity contribution in [2.45, 2.75) is 5.41 Å². The number of benzene rings is 10. The summed E-state index contributed by atoms with van der Waals surface area (Å²) in [6.07, 6.45) is 0. The Bertz CT molecular complexity index is 3860. The molecule has 2 heterocycles. The number of nitrogens with zero attached hydrogens (tertiary/aromatic N) is 1. The average Bonchev–Trinajstić information content (AvgIpc) is 4.10. The van der Waals surface area contributed by atoms with E-state index in [1.165, 1.54) is 75.8 Å². The van der Waals surface area contributed by atoms with E-state index < -0.39 is 5.41 Å². The summed E-state index contributed by atoms with van der Waals surface area (Å²) in [7, 11) is 0. The molecule has 1 atom stereocenters. The molecule has 0 aliphatic heterocycles. The molecular formula is C61H37NOS. The smallest absolute Gasteiger partial charge is 0.135 e. The summed E-state index contributed by atoms with van der Waals surface area (Å²) >= 11 is 1.93. The minimum atomic E-state index is -0.497. The molecule has 0 radical (unpaired) electrons. The molecule has 2 aromatic heterocycles. The van der Waals surface area contributed by atoms with Crippen molar-refractivity contribution in [3.8, 4) is 44.5 Å². The Hall–Kier alpha value is -7.98. The van der Waals surface area contributed by atoms with Gasteiger partial charge in [0, 0.05) is 53.3 Å². The lowest BCUT2D eigenvalue weighted by atomic mass is 9.70. The van der Waals surface area contributed by atoms with Crippen LogP contribution in [0.4, 0.5) is 17.1 Å². The van der Waals surface area contributed by atoms with E-state index in [0.717, 1.165) is 50.1 Å². The Morgan fingerprint density at radius 1 is 0.359 bits per heavy atom. The summed E-state index contributed by atoms with van der Waals surface area (Å²) in [5, 5.41) is 4.92. The maximum atomic E-state index is 6.20. The molecule has 0 N–H and O–H groups in total. The van der Waals surface area contributed by atoms with E-state index in [9.17, 15) is 0 Å². The van der Waals surface area contributed by atoms with Crippen molar-refractivity contribution in [3.05, 3.63) is 247 Å². The summed E-state index contributed by atoms with van der Waals surface area (Å²) in [5.41, 5.74) is 19.9. The van der Waals surface area contributed by atoms with Crippen molar-refractivity contribution in [2.75, 3.05) is 4.90 Å². The number of rotatable bonds is 5. The molecule has 0 amide bonds. The first-order chi connectivity index (χ1) is 31.8. The van der Waals surface area contributed by atoms with Gasteiger partial charge in [-0.05, 0) is 98.6 Å². The third-order valence-corrected chi connectivity index (χ3v) is 15.1. The van der Waals surface area contributed by atoms with Gasteiger partial charge in [0.2, 0.25) is 0 Å². The third-order valence-electron chi connectivity index (χ3n) is 13.9. The van der Waals surface area contributed by atoms with E-state index in [4.69, 9.17) is 4.42 Å². The second kappa shape index (κ2) is 13.5. The predicted molar refractivity (Wildman–Crippen MR) is 268 cm³/mol. The van der Waals surface area contributed by atoms with Crippen LogP contribution in [0.15, 0.2) is 229 Å². The van der Waals surface area contributed by atoms with Crippen LogP contribution >= 0.6 is 11.3 Å². The van der Waals surface area contributed by atoms with Crippen LogP contribution in [0.25, 0.3) is 86.6 Å². The number of hydrogen-bond donors (Lipinski definition) is 0. The van der Waals surface area contributed by atoms with Gasteiger partial charge < -0.3 is 9.32 Å². The van der Waals surface area contributed by atoms with Gasteiger partial charge in [0.25, 0.3) is 0 Å². The molecular weight excluding hydrogens is 795 g/mol. The fourth-order valence-corrected chi connectivity index (χ4v) is 12.5. The van der Waals surface area contributed by atoms with Crippen molar-refractivity contribution < 1.29 is 4.42 Å². The van der Waals surface area contributed by atoms with Gasteiger partial charge in [-0.1, -0.05) is 176 Å². The van der Waals surface area contributed by atoms with E-state index in [1.807, 2.05) is 23.5 Å². The average molecular weight is 832 g/mol. The molecule has 0 saturated heterocycles. The predicted octanol–water partition coefficient (Wildman–Crippen LogP) is 17.1. The van der Waals surface area contributed by atoms with E-state index in [2.05, 4.69) is 217 Å². The molecule has 12 aromatic rings. The number of thiophene rings is 1. The highest BCUT2D eigenvalue weighted by Gasteiger charge is 2.53. The Morgan fingerprint density at radius 3 is 1.80 bits per heavy atom. The molecule has 0 fully saturated rings. The maximum absolute atomic E-state index is 6.20. The number of anilines is 3. The van der Waals surface area contributed by atoms with Gasteiger partial charge in [-0.25, -0.2) is 0 Å². The lowest BCUT2D eigenvalue weighted by molar-refractivity contribution is 0.669. The van der Waals surface area contributed by atoms with Crippen molar-refractivity contribution in [3.63, 3.8) is 0 Å². The zero-order chi connectivity index (χ0) is 41.9. The highest BCUT2D eigenvalue weighted by atomic mass is 32.1. The van der Waals surface area contributed by atoms with Crippen LogP contribution < -0.4 is 4.90 Å². The molecule has 298 valence electrons. The van der Waals surface area contributed by atoms with E-state index in [-0.39, 0.29) is 0 Å². The Balaban J connectivity index is 1.02. The Labute approximate surface area is 374 Å². The van der Waals surface area contributed by atoms with Crippen LogP contribution in [-0.4, -0.2) is 0 Å². The maximum Gasteiger partial charge on any atom is 0.135 e. The van der Waals surface area contributed by atoms with Crippen LogP contribution in [0.1, 0.15) is 22.3 Å². The number of hydrogen-bond acceptors (Lipinski definition) is 3. The van der Waals surface area contributed by atoms with Gasteiger partial charge in [0.15, 0.2) is 0 Å². The molecule has 1 spiro atoms. The van der Waals surface area contributed by atoms with E-state index in [0.29, 0.717) is 0 Å². The lowest BCUT2D eigenvalue weighted by Crippen LogP contribution is -2.26. The number of fused-ring (bicyclic) bond motifs is 17. The summed E-state index contributed by atoms with van der Waals surface area (Å²) in [6.45, 7) is 0. The first-order valence-corrected chi connectivity index (χ1v) is 22.8. The Morgan fingerprint density at radius 2 is 0.969 bits per heavy atom. The van der Waals surface area contributed by atoms with Crippen molar-refractivity contribution in [1.29, 1.82) is 0 Å². The van der Waals surface area contributed by atoms with Crippen molar-refractivity contribution >= 4 is 70.5 Å². The molecule has 2 aliphatic rings. The van der Waals surface area contributed by atoms with Gasteiger partial charge in [-0.3, -0.25) is 0 Å². The van der Waals surface area contributed by atoms with Crippen LogP contribution in [0, 0.1) is 0 Å². The van der Waals surface area contributed by atoms with Crippen LogP contribution in [-0.2, 0) is 5.41 Å². The van der Waals surface area contributed by atoms with Crippen LogP contribution in [0.5, 0.6) is 0 Å². The first kappa shape index (κ1) is 35.6. The quantitative estimate of drug-likeness (QED) is 0.172. The molecule has 2 aliphatic carbocycles. The second-order valence-electron chi connectivity index (χ2n) is 17.1. The minimum absolute atomic E-state index is 0.497. The molecule has 0 saturated carbocycles. The lowest BCUT2D eigenvalue weighted by Gasteiger charge is -2.32. The normalized spacial score (nSPS) is 14.6. The summed E-state index contributed by atoms with van der Waals surface area (Å²) in [5.74, 6) is 0. The van der Waals surface area contributed by atoms with Gasteiger partial charge in [0.05, 0.1) is 16.8 Å². The first-order valence-electron chi connectivity index (χ1n) is 22.0. The van der Waals surface area contributed by atoms with Gasteiger partial charge in [0.1, 0.15) is 11.2 Å². The Kier molecular flexibility index (Phi) is 7.51. The summed E-state index contributed by atoms with van der Waals surface area (Å²) < 4.78 is 8.89. The fourth-order valence-electron chi connectivity index (χ4n) is 11.3. The third kappa shape index (κ3) is 4.85. The van der Waals surface area contributed by atoms with Crippen molar-refractivity contribution in [1.82, 2.24) is 0 Å². The van der Waals surface area contributed by atoms with Gasteiger partial charge in [-0.2, -0.15) is 0 Å². The monoisotopic (exact) mass is 831 g/mol. The van der Waals surface area contributed by atoms with E-state index in [1.54, 1.807) is 0 Å². The standard InChI is InChI=1S/C61H37NOS/c1-2-15-39(16-3-1)42-17-6-11-25-53(42)62(41-32-29-38(30-33-41)40-31-36-56-48(37-40)43-18-7-12-27-55(43)63-56)54-26-14-24-51-58(54)46-20-4-9-22-49(46)61(51)50-23-10-5-21-47(50)59-52(61)35-34-45-44-19-8-13-28-57(44)64-60(45)59/h1-37H. The van der Waals surface area contributed by atoms with Gasteiger partial charge >= 0.3 is 0 Å². The highest BCUT2D eigenvalue weighted by Crippen LogP contribution is 2.66. The number of para-hydroxylation sites is 2. The molecule has 1 unspecified atom stereocenters.